The summed E-state index contributed by atoms with van der Waals surface area (Å²) >= 11 is 3.29. The number of pyridine rings is 1. The Morgan fingerprint density at radius 1 is 1.28 bits per heavy atom. The zero-order valence-corrected chi connectivity index (χ0v) is 16.0. The molecular formula is C16H17BrF2N2O3S. The van der Waals surface area contributed by atoms with Crippen LogP contribution in [0.15, 0.2) is 41.0 Å². The standard InChI is InChI=1S/C16H17BrF2N2O3S/c1-16(2,10-24-15-13(17)4-3-7-20-15)21-25(22,23)9-11-5-6-12(18)8-14(11)19/h3-8,21H,9-10H2,1-2H3. The molecule has 0 amide bonds. The number of sulfonamides is 1. The second-order valence-corrected chi connectivity index (χ2v) is 8.64. The molecule has 5 nitrogen and oxygen atoms in total. The van der Waals surface area contributed by atoms with E-state index in [1.807, 2.05) is 0 Å². The fourth-order valence-electron chi connectivity index (χ4n) is 2.06. The summed E-state index contributed by atoms with van der Waals surface area (Å²) in [4.78, 5) is 4.03. The van der Waals surface area contributed by atoms with Gasteiger partial charge in [0, 0.05) is 17.8 Å². The van der Waals surface area contributed by atoms with Crippen LogP contribution in [0.4, 0.5) is 8.78 Å². The van der Waals surface area contributed by atoms with E-state index in [0.717, 1.165) is 12.1 Å². The predicted molar refractivity (Wildman–Crippen MR) is 93.6 cm³/mol. The lowest BCUT2D eigenvalue weighted by Crippen LogP contribution is -2.48. The first-order chi connectivity index (χ1) is 11.6. The van der Waals surface area contributed by atoms with Crippen LogP contribution in [0.1, 0.15) is 19.4 Å². The average Bonchev–Trinajstić information content (AvgIpc) is 2.48. The van der Waals surface area contributed by atoms with Gasteiger partial charge in [-0.05, 0) is 48.0 Å². The van der Waals surface area contributed by atoms with E-state index >= 15 is 0 Å². The number of nitrogens with zero attached hydrogens (tertiary/aromatic N) is 1. The number of halogens is 3. The van der Waals surface area contributed by atoms with Gasteiger partial charge in [0.1, 0.15) is 18.2 Å². The van der Waals surface area contributed by atoms with Gasteiger partial charge >= 0.3 is 0 Å². The summed E-state index contributed by atoms with van der Waals surface area (Å²) in [6.07, 6.45) is 1.55. The summed E-state index contributed by atoms with van der Waals surface area (Å²) in [5.41, 5.74) is -1.08. The fraction of sp³-hybridized carbons (Fsp3) is 0.312. The van der Waals surface area contributed by atoms with Crippen LogP contribution in [0.25, 0.3) is 0 Å². The van der Waals surface area contributed by atoms with Gasteiger partial charge < -0.3 is 4.74 Å². The molecule has 0 aliphatic carbocycles. The van der Waals surface area contributed by atoms with Crippen LogP contribution in [-0.2, 0) is 15.8 Å². The number of rotatable bonds is 7. The van der Waals surface area contributed by atoms with Crippen LogP contribution in [0, 0.1) is 11.6 Å². The predicted octanol–water partition coefficient (Wildman–Crippen LogP) is 3.40. The second kappa shape index (κ2) is 7.76. The highest BCUT2D eigenvalue weighted by atomic mass is 79.9. The van der Waals surface area contributed by atoms with E-state index in [4.69, 9.17) is 4.74 Å². The van der Waals surface area contributed by atoms with Crippen molar-refractivity contribution in [1.82, 2.24) is 9.71 Å². The highest BCUT2D eigenvalue weighted by Gasteiger charge is 2.27. The monoisotopic (exact) mass is 434 g/mol. The zero-order valence-electron chi connectivity index (χ0n) is 13.6. The first-order valence-corrected chi connectivity index (χ1v) is 9.71. The topological polar surface area (TPSA) is 68.3 Å². The number of nitrogens with one attached hydrogen (secondary N) is 1. The van der Waals surface area contributed by atoms with Crippen molar-refractivity contribution in [2.75, 3.05) is 6.61 Å². The van der Waals surface area contributed by atoms with Crippen molar-refractivity contribution in [2.45, 2.75) is 25.1 Å². The average molecular weight is 435 g/mol. The van der Waals surface area contributed by atoms with Crippen LogP contribution in [0.3, 0.4) is 0 Å². The lowest BCUT2D eigenvalue weighted by atomic mass is 10.1. The molecule has 0 unspecified atom stereocenters. The van der Waals surface area contributed by atoms with Crippen LogP contribution >= 0.6 is 15.9 Å². The van der Waals surface area contributed by atoms with Crippen LogP contribution in [0.5, 0.6) is 5.88 Å². The third kappa shape index (κ3) is 6.02. The summed E-state index contributed by atoms with van der Waals surface area (Å²) in [7, 11) is -3.87. The summed E-state index contributed by atoms with van der Waals surface area (Å²) in [5.74, 6) is -1.94. The molecule has 0 fully saturated rings. The fourth-order valence-corrected chi connectivity index (χ4v) is 4.04. The minimum Gasteiger partial charge on any atom is -0.475 e. The first-order valence-electron chi connectivity index (χ1n) is 7.27. The maximum absolute atomic E-state index is 13.7. The Hall–Kier alpha value is -1.58. The third-order valence-corrected chi connectivity index (χ3v) is 5.25. The molecule has 1 aromatic carbocycles. The van der Waals surface area contributed by atoms with Gasteiger partial charge in [-0.15, -0.1) is 0 Å². The number of hydrogen-bond donors (Lipinski definition) is 1. The molecule has 0 aliphatic rings. The van der Waals surface area contributed by atoms with E-state index < -0.39 is 32.9 Å². The molecule has 1 aromatic heterocycles. The molecule has 2 rings (SSSR count). The van der Waals surface area contributed by atoms with E-state index in [2.05, 4.69) is 25.6 Å². The minimum atomic E-state index is -3.87. The Kier molecular flexibility index (Phi) is 6.12. The molecule has 136 valence electrons. The van der Waals surface area contributed by atoms with E-state index in [1.165, 1.54) is 0 Å². The van der Waals surface area contributed by atoms with Gasteiger partial charge in [0.25, 0.3) is 0 Å². The van der Waals surface area contributed by atoms with Gasteiger partial charge in [0.15, 0.2) is 0 Å². The summed E-state index contributed by atoms with van der Waals surface area (Å²) in [5, 5.41) is 0. The third-order valence-electron chi connectivity index (χ3n) is 3.09. The maximum Gasteiger partial charge on any atom is 0.227 e. The molecule has 0 saturated heterocycles. The number of hydrogen-bond acceptors (Lipinski definition) is 4. The number of benzene rings is 1. The normalized spacial score (nSPS) is 12.2. The molecule has 1 heterocycles. The molecule has 0 aliphatic heterocycles. The molecular weight excluding hydrogens is 418 g/mol. The molecule has 0 spiro atoms. The van der Waals surface area contributed by atoms with Gasteiger partial charge in [-0.2, -0.15) is 0 Å². The van der Waals surface area contributed by atoms with E-state index in [9.17, 15) is 17.2 Å². The summed E-state index contributed by atoms with van der Waals surface area (Å²) < 4.78 is 59.8. The number of aromatic nitrogens is 1. The van der Waals surface area contributed by atoms with Crippen LogP contribution in [-0.4, -0.2) is 25.5 Å². The molecule has 0 atom stereocenters. The second-order valence-electron chi connectivity index (χ2n) is 6.06. The van der Waals surface area contributed by atoms with Crippen molar-refractivity contribution >= 4 is 26.0 Å². The SMILES string of the molecule is CC(C)(COc1ncccc1Br)NS(=O)(=O)Cc1ccc(F)cc1F. The molecule has 0 radical (unpaired) electrons. The van der Waals surface area contributed by atoms with Gasteiger partial charge in [-0.3, -0.25) is 0 Å². The summed E-state index contributed by atoms with van der Waals surface area (Å²) in [6, 6.07) is 6.25. The number of ether oxygens (including phenoxy) is 1. The van der Waals surface area contributed by atoms with E-state index in [-0.39, 0.29) is 12.2 Å². The maximum atomic E-state index is 13.7. The van der Waals surface area contributed by atoms with Crippen LogP contribution in [0.2, 0.25) is 0 Å². The minimum absolute atomic E-state index is 0.00768. The van der Waals surface area contributed by atoms with Crippen LogP contribution < -0.4 is 9.46 Å². The van der Waals surface area contributed by atoms with E-state index in [0.29, 0.717) is 16.4 Å². The highest BCUT2D eigenvalue weighted by molar-refractivity contribution is 9.10. The Bertz CT molecular complexity index is 860. The Morgan fingerprint density at radius 2 is 2.00 bits per heavy atom. The Morgan fingerprint density at radius 3 is 2.64 bits per heavy atom. The Labute approximate surface area is 153 Å². The van der Waals surface area contributed by atoms with Gasteiger partial charge in [0.05, 0.1) is 15.8 Å². The smallest absolute Gasteiger partial charge is 0.227 e. The molecule has 0 bridgehead atoms. The Balaban J connectivity index is 2.03. The van der Waals surface area contributed by atoms with Crippen molar-refractivity contribution in [2.24, 2.45) is 0 Å². The first kappa shape index (κ1) is 19.7. The van der Waals surface area contributed by atoms with Crippen molar-refractivity contribution in [3.05, 3.63) is 58.2 Å². The molecule has 0 saturated carbocycles. The van der Waals surface area contributed by atoms with Crippen molar-refractivity contribution in [3.8, 4) is 5.88 Å². The molecule has 25 heavy (non-hydrogen) atoms. The van der Waals surface area contributed by atoms with Gasteiger partial charge in [-0.1, -0.05) is 6.07 Å². The van der Waals surface area contributed by atoms with Crippen molar-refractivity contribution in [3.63, 3.8) is 0 Å². The van der Waals surface area contributed by atoms with Gasteiger partial charge in [-0.25, -0.2) is 26.9 Å². The van der Waals surface area contributed by atoms with Crippen molar-refractivity contribution in [1.29, 1.82) is 0 Å². The molecule has 2 aromatic rings. The molecule has 9 heteroatoms. The largest absolute Gasteiger partial charge is 0.475 e. The zero-order chi connectivity index (χ0) is 18.7. The van der Waals surface area contributed by atoms with E-state index in [1.54, 1.807) is 32.2 Å². The van der Waals surface area contributed by atoms with Gasteiger partial charge in [0.2, 0.25) is 15.9 Å². The molecule has 1 N–H and O–H groups in total. The summed E-state index contributed by atoms with van der Waals surface area (Å²) in [6.45, 7) is 3.26. The highest BCUT2D eigenvalue weighted by Crippen LogP contribution is 2.22. The quantitative estimate of drug-likeness (QED) is 0.724. The van der Waals surface area contributed by atoms with Crippen molar-refractivity contribution < 1.29 is 21.9 Å². The lowest BCUT2D eigenvalue weighted by molar-refractivity contribution is 0.221. The lowest BCUT2D eigenvalue weighted by Gasteiger charge is -2.26.